The van der Waals surface area contributed by atoms with E-state index in [4.69, 9.17) is 4.74 Å². The third-order valence-electron chi connectivity index (χ3n) is 4.72. The molecular formula is C21H25N3O3. The van der Waals surface area contributed by atoms with E-state index in [1.807, 2.05) is 55.5 Å². The Bertz CT molecular complexity index is 808. The summed E-state index contributed by atoms with van der Waals surface area (Å²) in [4.78, 5) is 27.0. The lowest BCUT2D eigenvalue weighted by atomic mass is 9.97. The van der Waals surface area contributed by atoms with Gasteiger partial charge in [0.15, 0.2) is 0 Å². The molecule has 2 N–H and O–H groups in total. The second-order valence-electron chi connectivity index (χ2n) is 6.77. The van der Waals surface area contributed by atoms with Crippen LogP contribution in [0.4, 0.5) is 16.2 Å². The number of anilines is 2. The van der Waals surface area contributed by atoms with E-state index in [9.17, 15) is 9.59 Å². The summed E-state index contributed by atoms with van der Waals surface area (Å²) in [5, 5.41) is 5.84. The smallest absolute Gasteiger partial charge is 0.321 e. The van der Waals surface area contributed by atoms with Gasteiger partial charge in [0.1, 0.15) is 5.75 Å². The van der Waals surface area contributed by atoms with E-state index >= 15 is 0 Å². The fraction of sp³-hybridized carbons (Fsp3) is 0.333. The number of carbonyl (C=O) groups is 2. The van der Waals surface area contributed by atoms with Crippen molar-refractivity contribution in [3.63, 3.8) is 0 Å². The molecule has 1 aliphatic rings. The van der Waals surface area contributed by atoms with Gasteiger partial charge in [-0.2, -0.15) is 0 Å². The lowest BCUT2D eigenvalue weighted by Crippen LogP contribution is -2.45. The predicted octanol–water partition coefficient (Wildman–Crippen LogP) is 3.89. The highest BCUT2D eigenvalue weighted by molar-refractivity contribution is 5.95. The summed E-state index contributed by atoms with van der Waals surface area (Å²) in [5.41, 5.74) is 2.45. The van der Waals surface area contributed by atoms with Crippen LogP contribution in [0.3, 0.4) is 0 Å². The van der Waals surface area contributed by atoms with Gasteiger partial charge in [-0.05, 0) is 49.6 Å². The number of amides is 3. The Hall–Kier alpha value is -3.02. The third-order valence-corrected chi connectivity index (χ3v) is 4.72. The molecule has 0 bridgehead atoms. The number of aryl methyl sites for hydroxylation is 1. The third kappa shape index (κ3) is 4.78. The van der Waals surface area contributed by atoms with Crippen LogP contribution in [0.1, 0.15) is 18.4 Å². The van der Waals surface area contributed by atoms with E-state index in [2.05, 4.69) is 10.6 Å². The molecule has 3 rings (SSSR count). The van der Waals surface area contributed by atoms with Crippen LogP contribution in [-0.2, 0) is 4.79 Å². The molecule has 27 heavy (non-hydrogen) atoms. The summed E-state index contributed by atoms with van der Waals surface area (Å²) in [6, 6.07) is 14.8. The molecule has 142 valence electrons. The number of piperidine rings is 1. The van der Waals surface area contributed by atoms with Gasteiger partial charge in [-0.1, -0.05) is 24.3 Å². The van der Waals surface area contributed by atoms with Crippen molar-refractivity contribution in [1.82, 2.24) is 4.90 Å². The number of hydrogen-bond donors (Lipinski definition) is 2. The maximum Gasteiger partial charge on any atom is 0.321 e. The Morgan fingerprint density at radius 3 is 2.63 bits per heavy atom. The molecule has 1 aliphatic heterocycles. The fourth-order valence-electron chi connectivity index (χ4n) is 3.25. The van der Waals surface area contributed by atoms with Gasteiger partial charge in [-0.15, -0.1) is 0 Å². The van der Waals surface area contributed by atoms with Gasteiger partial charge in [-0.25, -0.2) is 4.79 Å². The van der Waals surface area contributed by atoms with Crippen LogP contribution < -0.4 is 15.4 Å². The zero-order chi connectivity index (χ0) is 19.2. The van der Waals surface area contributed by atoms with E-state index < -0.39 is 0 Å². The Kier molecular flexibility index (Phi) is 5.96. The van der Waals surface area contributed by atoms with E-state index in [0.717, 1.165) is 24.1 Å². The number of carbonyl (C=O) groups excluding carboxylic acids is 2. The van der Waals surface area contributed by atoms with Gasteiger partial charge in [0.2, 0.25) is 5.91 Å². The Morgan fingerprint density at radius 2 is 1.89 bits per heavy atom. The van der Waals surface area contributed by atoms with Crippen molar-refractivity contribution in [3.05, 3.63) is 54.1 Å². The molecule has 2 aromatic rings. The summed E-state index contributed by atoms with van der Waals surface area (Å²) in [5.74, 6) is 0.296. The molecule has 1 fully saturated rings. The minimum absolute atomic E-state index is 0.0869. The lowest BCUT2D eigenvalue weighted by Gasteiger charge is -2.32. The van der Waals surface area contributed by atoms with Gasteiger partial charge in [-0.3, -0.25) is 4.79 Å². The molecule has 1 heterocycles. The maximum absolute atomic E-state index is 12.7. The van der Waals surface area contributed by atoms with E-state index in [0.29, 0.717) is 24.5 Å². The maximum atomic E-state index is 12.7. The van der Waals surface area contributed by atoms with E-state index in [-0.39, 0.29) is 17.9 Å². The van der Waals surface area contributed by atoms with Gasteiger partial charge in [0, 0.05) is 18.8 Å². The van der Waals surface area contributed by atoms with Crippen LogP contribution in [0.2, 0.25) is 0 Å². The standard InChI is InChI=1S/C21H25N3O3/c1-15-10-11-19(27-2)18(13-15)23-20(25)16-7-6-12-24(14-16)21(26)22-17-8-4-3-5-9-17/h3-5,8-11,13,16H,6-7,12,14H2,1-2H3,(H,22,26)(H,23,25). The summed E-state index contributed by atoms with van der Waals surface area (Å²) >= 11 is 0. The molecule has 0 spiro atoms. The van der Waals surface area contributed by atoms with Crippen LogP contribution in [-0.4, -0.2) is 37.0 Å². The average Bonchev–Trinajstić information content (AvgIpc) is 2.69. The van der Waals surface area contributed by atoms with Gasteiger partial charge in [0.25, 0.3) is 0 Å². The minimum Gasteiger partial charge on any atom is -0.495 e. The number of hydrogen-bond acceptors (Lipinski definition) is 3. The summed E-state index contributed by atoms with van der Waals surface area (Å²) in [7, 11) is 1.58. The number of urea groups is 1. The number of benzene rings is 2. The van der Waals surface area contributed by atoms with Crippen LogP contribution in [0.25, 0.3) is 0 Å². The SMILES string of the molecule is COc1ccc(C)cc1NC(=O)C1CCCN(C(=O)Nc2ccccc2)C1. The van der Waals surface area contributed by atoms with Crippen molar-refractivity contribution >= 4 is 23.3 Å². The molecule has 6 heteroatoms. The van der Waals surface area contributed by atoms with Gasteiger partial charge < -0.3 is 20.3 Å². The van der Waals surface area contributed by atoms with E-state index in [1.54, 1.807) is 12.0 Å². The zero-order valence-corrected chi connectivity index (χ0v) is 15.7. The highest BCUT2D eigenvalue weighted by atomic mass is 16.5. The second kappa shape index (κ2) is 8.58. The van der Waals surface area contributed by atoms with Crippen LogP contribution >= 0.6 is 0 Å². The second-order valence-corrected chi connectivity index (χ2v) is 6.77. The first-order chi connectivity index (χ1) is 13.1. The molecule has 0 aliphatic carbocycles. The lowest BCUT2D eigenvalue weighted by molar-refractivity contribution is -0.121. The van der Waals surface area contributed by atoms with Crippen molar-refractivity contribution in [2.24, 2.45) is 5.92 Å². The van der Waals surface area contributed by atoms with E-state index in [1.165, 1.54) is 0 Å². The summed E-state index contributed by atoms with van der Waals surface area (Å²) in [6.07, 6.45) is 1.56. The predicted molar refractivity (Wildman–Crippen MR) is 106 cm³/mol. The summed E-state index contributed by atoms with van der Waals surface area (Å²) < 4.78 is 5.33. The molecule has 0 radical (unpaired) electrons. The molecule has 6 nitrogen and oxygen atoms in total. The van der Waals surface area contributed by atoms with Crippen molar-refractivity contribution in [2.45, 2.75) is 19.8 Å². The van der Waals surface area contributed by atoms with Gasteiger partial charge >= 0.3 is 6.03 Å². The minimum atomic E-state index is -0.245. The van der Waals surface area contributed by atoms with Crippen molar-refractivity contribution in [3.8, 4) is 5.75 Å². The Balaban J connectivity index is 1.63. The monoisotopic (exact) mass is 367 g/mol. The van der Waals surface area contributed by atoms with Crippen molar-refractivity contribution in [2.75, 3.05) is 30.8 Å². The molecule has 0 aromatic heterocycles. The van der Waals surface area contributed by atoms with Crippen LogP contribution in [0.15, 0.2) is 48.5 Å². The molecule has 1 atom stereocenters. The first kappa shape index (κ1) is 18.8. The first-order valence-corrected chi connectivity index (χ1v) is 9.13. The molecule has 3 amide bonds. The first-order valence-electron chi connectivity index (χ1n) is 9.13. The number of nitrogens with one attached hydrogen (secondary N) is 2. The Morgan fingerprint density at radius 1 is 1.11 bits per heavy atom. The highest BCUT2D eigenvalue weighted by Crippen LogP contribution is 2.27. The average molecular weight is 367 g/mol. The number of likely N-dealkylation sites (tertiary alicyclic amines) is 1. The van der Waals surface area contributed by atoms with Gasteiger partial charge in [0.05, 0.1) is 18.7 Å². The fourth-order valence-corrected chi connectivity index (χ4v) is 3.25. The van der Waals surface area contributed by atoms with Crippen molar-refractivity contribution < 1.29 is 14.3 Å². The highest BCUT2D eigenvalue weighted by Gasteiger charge is 2.29. The normalized spacial score (nSPS) is 16.5. The molecule has 1 saturated heterocycles. The zero-order valence-electron chi connectivity index (χ0n) is 15.7. The van der Waals surface area contributed by atoms with Crippen LogP contribution in [0, 0.1) is 12.8 Å². The molecular weight excluding hydrogens is 342 g/mol. The largest absolute Gasteiger partial charge is 0.495 e. The Labute approximate surface area is 159 Å². The number of para-hydroxylation sites is 1. The molecule has 0 saturated carbocycles. The van der Waals surface area contributed by atoms with Crippen LogP contribution in [0.5, 0.6) is 5.75 Å². The quantitative estimate of drug-likeness (QED) is 0.861. The molecule has 2 aromatic carbocycles. The summed E-state index contributed by atoms with van der Waals surface area (Å²) in [6.45, 7) is 3.01. The number of methoxy groups -OCH3 is 1. The number of rotatable bonds is 4. The number of ether oxygens (including phenoxy) is 1. The molecule has 1 unspecified atom stereocenters. The topological polar surface area (TPSA) is 70.7 Å². The number of nitrogens with zero attached hydrogens (tertiary/aromatic N) is 1. The van der Waals surface area contributed by atoms with Crippen molar-refractivity contribution in [1.29, 1.82) is 0 Å².